The number of thioether (sulfide) groups is 1. The minimum Gasteiger partial charge on any atom is -0.444 e. The molecule has 8 heteroatoms. The zero-order valence-corrected chi connectivity index (χ0v) is 15.5. The van der Waals surface area contributed by atoms with Gasteiger partial charge in [-0.15, -0.1) is 11.8 Å². The first-order valence-electron chi connectivity index (χ1n) is 7.20. The van der Waals surface area contributed by atoms with Crippen molar-refractivity contribution in [3.8, 4) is 0 Å². The third-order valence-corrected chi connectivity index (χ3v) is 3.64. The van der Waals surface area contributed by atoms with Crippen LogP contribution in [0.15, 0.2) is 35.4 Å². The maximum atomic E-state index is 11.8. The van der Waals surface area contributed by atoms with Crippen molar-refractivity contribution in [2.75, 3.05) is 16.9 Å². The highest BCUT2D eigenvalue weighted by molar-refractivity contribution is 7.98. The van der Waals surface area contributed by atoms with Crippen molar-refractivity contribution in [2.45, 2.75) is 31.3 Å². The molecule has 1 aromatic carbocycles. The largest absolute Gasteiger partial charge is 0.444 e. The van der Waals surface area contributed by atoms with Crippen molar-refractivity contribution in [1.29, 1.82) is 0 Å². The van der Waals surface area contributed by atoms with Gasteiger partial charge in [0.1, 0.15) is 11.4 Å². The molecule has 0 atom stereocenters. The first-order valence-corrected chi connectivity index (χ1v) is 8.81. The molecule has 0 aliphatic carbocycles. The van der Waals surface area contributed by atoms with Crippen molar-refractivity contribution < 1.29 is 9.53 Å². The summed E-state index contributed by atoms with van der Waals surface area (Å²) in [4.78, 5) is 20.9. The number of ether oxygens (including phenoxy) is 1. The standard InChI is InChI=1S/C16H19ClN4O2S/c1-16(2,3)23-15(22)20-11-7-5-6-10(8-11)19-13-12(24-4)9-18-14(17)21-13/h5-9H,1-4H3,(H,20,22)(H,18,19,21). The molecule has 0 spiro atoms. The number of aromatic nitrogens is 2. The zero-order chi connectivity index (χ0) is 17.7. The lowest BCUT2D eigenvalue weighted by Gasteiger charge is -2.19. The van der Waals surface area contributed by atoms with Crippen LogP contribution in [0.3, 0.4) is 0 Å². The van der Waals surface area contributed by atoms with E-state index in [9.17, 15) is 4.79 Å². The molecule has 0 bridgehead atoms. The molecule has 0 fully saturated rings. The van der Waals surface area contributed by atoms with E-state index in [1.54, 1.807) is 18.3 Å². The Morgan fingerprint density at radius 2 is 2.00 bits per heavy atom. The molecule has 0 radical (unpaired) electrons. The summed E-state index contributed by atoms with van der Waals surface area (Å²) < 4.78 is 5.24. The highest BCUT2D eigenvalue weighted by atomic mass is 35.5. The minimum absolute atomic E-state index is 0.165. The summed E-state index contributed by atoms with van der Waals surface area (Å²) in [5.74, 6) is 0.608. The lowest BCUT2D eigenvalue weighted by molar-refractivity contribution is 0.0636. The average molecular weight is 367 g/mol. The molecule has 2 aromatic rings. The number of halogens is 1. The maximum Gasteiger partial charge on any atom is 0.412 e. The van der Waals surface area contributed by atoms with Crippen LogP contribution in [0.1, 0.15) is 20.8 Å². The monoisotopic (exact) mass is 366 g/mol. The Bertz CT molecular complexity index is 734. The van der Waals surface area contributed by atoms with E-state index in [0.717, 1.165) is 10.6 Å². The van der Waals surface area contributed by atoms with E-state index in [1.165, 1.54) is 11.8 Å². The second kappa shape index (κ2) is 7.72. The van der Waals surface area contributed by atoms with Gasteiger partial charge in [0.2, 0.25) is 5.28 Å². The summed E-state index contributed by atoms with van der Waals surface area (Å²) in [7, 11) is 0. The molecule has 1 amide bonds. The van der Waals surface area contributed by atoms with Crippen LogP contribution in [-0.2, 0) is 4.74 Å². The molecule has 24 heavy (non-hydrogen) atoms. The Kier molecular flexibility index (Phi) is 5.90. The van der Waals surface area contributed by atoms with E-state index in [0.29, 0.717) is 11.5 Å². The molecule has 0 unspecified atom stereocenters. The van der Waals surface area contributed by atoms with Crippen LogP contribution < -0.4 is 10.6 Å². The SMILES string of the molecule is CSc1cnc(Cl)nc1Nc1cccc(NC(=O)OC(C)(C)C)c1. The van der Waals surface area contributed by atoms with Gasteiger partial charge in [0.25, 0.3) is 0 Å². The van der Waals surface area contributed by atoms with Crippen molar-refractivity contribution in [3.05, 3.63) is 35.7 Å². The fraction of sp³-hybridized carbons (Fsp3) is 0.312. The summed E-state index contributed by atoms with van der Waals surface area (Å²) in [5, 5.41) is 6.04. The number of carbonyl (C=O) groups is 1. The minimum atomic E-state index is -0.551. The van der Waals surface area contributed by atoms with Crippen LogP contribution in [-0.4, -0.2) is 27.9 Å². The van der Waals surface area contributed by atoms with Crippen LogP contribution in [0.4, 0.5) is 22.0 Å². The third-order valence-electron chi connectivity index (χ3n) is 2.72. The second-order valence-electron chi connectivity index (χ2n) is 5.89. The van der Waals surface area contributed by atoms with Crippen LogP contribution in [0.5, 0.6) is 0 Å². The van der Waals surface area contributed by atoms with Crippen LogP contribution in [0.2, 0.25) is 5.28 Å². The Hall–Kier alpha value is -1.99. The summed E-state index contributed by atoms with van der Waals surface area (Å²) in [6.07, 6.45) is 3.08. The van der Waals surface area contributed by atoms with Crippen molar-refractivity contribution in [3.63, 3.8) is 0 Å². The van der Waals surface area contributed by atoms with E-state index >= 15 is 0 Å². The number of rotatable bonds is 4. The topological polar surface area (TPSA) is 76.1 Å². The van der Waals surface area contributed by atoms with Gasteiger partial charge in [0, 0.05) is 17.6 Å². The van der Waals surface area contributed by atoms with Gasteiger partial charge in [-0.3, -0.25) is 5.32 Å². The second-order valence-corrected chi connectivity index (χ2v) is 7.07. The molecule has 2 rings (SSSR count). The molecule has 0 aliphatic heterocycles. The highest BCUT2D eigenvalue weighted by Crippen LogP contribution is 2.27. The molecule has 2 N–H and O–H groups in total. The van der Waals surface area contributed by atoms with Crippen LogP contribution >= 0.6 is 23.4 Å². The molecule has 6 nitrogen and oxygen atoms in total. The number of hydrogen-bond donors (Lipinski definition) is 2. The lowest BCUT2D eigenvalue weighted by atomic mass is 10.2. The first kappa shape index (κ1) is 18.4. The summed E-state index contributed by atoms with van der Waals surface area (Å²) in [6.45, 7) is 5.44. The molecular weight excluding hydrogens is 348 g/mol. The highest BCUT2D eigenvalue weighted by Gasteiger charge is 2.16. The Labute approximate surface area is 150 Å². The summed E-state index contributed by atoms with van der Waals surface area (Å²) in [5.41, 5.74) is 0.819. The number of amides is 1. The number of nitrogens with one attached hydrogen (secondary N) is 2. The van der Waals surface area contributed by atoms with Crippen molar-refractivity contribution >= 4 is 46.6 Å². The van der Waals surface area contributed by atoms with E-state index in [4.69, 9.17) is 16.3 Å². The predicted octanol–water partition coefficient (Wildman–Crippen LogP) is 4.94. The quantitative estimate of drug-likeness (QED) is 0.589. The van der Waals surface area contributed by atoms with Gasteiger partial charge >= 0.3 is 6.09 Å². The van der Waals surface area contributed by atoms with Gasteiger partial charge in [-0.2, -0.15) is 4.98 Å². The summed E-state index contributed by atoms with van der Waals surface area (Å²) in [6, 6.07) is 7.23. The lowest BCUT2D eigenvalue weighted by Crippen LogP contribution is -2.27. The van der Waals surface area contributed by atoms with E-state index in [-0.39, 0.29) is 5.28 Å². The number of carbonyl (C=O) groups excluding carboxylic acids is 1. The van der Waals surface area contributed by atoms with Gasteiger partial charge in [-0.1, -0.05) is 6.07 Å². The average Bonchev–Trinajstić information content (AvgIpc) is 2.45. The first-order chi connectivity index (χ1) is 11.3. The van der Waals surface area contributed by atoms with Crippen LogP contribution in [0.25, 0.3) is 0 Å². The van der Waals surface area contributed by atoms with E-state index < -0.39 is 11.7 Å². The van der Waals surface area contributed by atoms with Gasteiger partial charge in [0.05, 0.1) is 4.90 Å². The van der Waals surface area contributed by atoms with Crippen LogP contribution in [0, 0.1) is 0 Å². The zero-order valence-electron chi connectivity index (χ0n) is 13.9. The van der Waals surface area contributed by atoms with Gasteiger partial charge in [-0.25, -0.2) is 9.78 Å². The molecule has 0 saturated carbocycles. The third kappa shape index (κ3) is 5.58. The molecule has 1 heterocycles. The normalized spacial score (nSPS) is 11.0. The fourth-order valence-electron chi connectivity index (χ4n) is 1.82. The van der Waals surface area contributed by atoms with Gasteiger partial charge < -0.3 is 10.1 Å². The Balaban J connectivity index is 2.13. The van der Waals surface area contributed by atoms with Gasteiger partial charge in [0.15, 0.2) is 0 Å². The van der Waals surface area contributed by atoms with E-state index in [2.05, 4.69) is 20.6 Å². The van der Waals surface area contributed by atoms with Gasteiger partial charge in [-0.05, 0) is 56.8 Å². The number of benzene rings is 1. The maximum absolute atomic E-state index is 11.8. The predicted molar refractivity (Wildman–Crippen MR) is 98.4 cm³/mol. The van der Waals surface area contributed by atoms with E-state index in [1.807, 2.05) is 39.2 Å². The molecule has 0 saturated heterocycles. The molecular formula is C16H19ClN4O2S. The number of anilines is 3. The van der Waals surface area contributed by atoms with Crippen molar-refractivity contribution in [2.24, 2.45) is 0 Å². The number of hydrogen-bond acceptors (Lipinski definition) is 6. The molecule has 1 aromatic heterocycles. The smallest absolute Gasteiger partial charge is 0.412 e. The Morgan fingerprint density at radius 3 is 2.67 bits per heavy atom. The molecule has 128 valence electrons. The Morgan fingerprint density at radius 1 is 1.29 bits per heavy atom. The number of nitrogens with zero attached hydrogens (tertiary/aromatic N) is 2. The molecule has 0 aliphatic rings. The summed E-state index contributed by atoms with van der Waals surface area (Å²) >= 11 is 7.37. The fourth-order valence-corrected chi connectivity index (χ4v) is 2.40. The van der Waals surface area contributed by atoms with Crippen molar-refractivity contribution in [1.82, 2.24) is 9.97 Å².